The van der Waals surface area contributed by atoms with Crippen molar-refractivity contribution in [3.63, 3.8) is 0 Å². The molecule has 1 aliphatic heterocycles. The van der Waals surface area contributed by atoms with Crippen LogP contribution in [0.25, 0.3) is 16.3 Å². The van der Waals surface area contributed by atoms with Crippen LogP contribution in [-0.4, -0.2) is 5.78 Å². The van der Waals surface area contributed by atoms with Gasteiger partial charge in [0.05, 0.1) is 6.04 Å². The molecule has 0 saturated heterocycles. The number of ketones is 1. The smallest absolute Gasteiger partial charge is 0.164 e. The largest absolute Gasteiger partial charge is 0.374 e. The Morgan fingerprint density at radius 3 is 2.50 bits per heavy atom. The number of hydrogen-bond acceptors (Lipinski definition) is 2. The molecule has 1 atom stereocenters. The fourth-order valence-corrected chi connectivity index (χ4v) is 4.76. The van der Waals surface area contributed by atoms with E-state index in [-0.39, 0.29) is 23.1 Å². The zero-order chi connectivity index (χ0) is 19.5. The molecule has 0 aromatic heterocycles. The number of Topliss-reactive ketones (excluding diaryl/α,β-unsaturated/α-hetero) is 1. The van der Waals surface area contributed by atoms with E-state index >= 15 is 0 Å². The summed E-state index contributed by atoms with van der Waals surface area (Å²) in [6, 6.07) is 18.9. The van der Waals surface area contributed by atoms with Crippen LogP contribution in [0.2, 0.25) is 0 Å². The van der Waals surface area contributed by atoms with Crippen molar-refractivity contribution < 1.29 is 9.18 Å². The first-order valence-corrected chi connectivity index (χ1v) is 9.73. The molecule has 1 N–H and O–H groups in total. The van der Waals surface area contributed by atoms with Crippen molar-refractivity contribution in [3.05, 3.63) is 83.2 Å². The third-order valence-corrected chi connectivity index (χ3v) is 5.94. The lowest BCUT2D eigenvalue weighted by atomic mass is 9.68. The number of rotatable bonds is 1. The minimum absolute atomic E-state index is 0.0854. The number of carbonyl (C=O) groups is 1. The highest BCUT2D eigenvalue weighted by Gasteiger charge is 2.40. The molecule has 1 heterocycles. The summed E-state index contributed by atoms with van der Waals surface area (Å²) in [6.07, 6.45) is 1.39. The normalized spacial score (nSPS) is 20.5. The molecule has 0 bridgehead atoms. The van der Waals surface area contributed by atoms with E-state index in [0.29, 0.717) is 6.42 Å². The van der Waals surface area contributed by atoms with Crippen molar-refractivity contribution >= 4 is 27.8 Å². The summed E-state index contributed by atoms with van der Waals surface area (Å²) in [7, 11) is 0. The van der Waals surface area contributed by atoms with E-state index in [1.54, 1.807) is 0 Å². The molecular weight excluding hydrogens is 349 g/mol. The molecule has 3 aromatic carbocycles. The quantitative estimate of drug-likeness (QED) is 0.545. The highest BCUT2D eigenvalue weighted by Crippen LogP contribution is 2.51. The highest BCUT2D eigenvalue weighted by atomic mass is 19.1. The Hall–Kier alpha value is -2.94. The summed E-state index contributed by atoms with van der Waals surface area (Å²) < 4.78 is 13.5. The molecule has 0 saturated carbocycles. The summed E-state index contributed by atoms with van der Waals surface area (Å²) in [5, 5.41) is 5.88. The van der Waals surface area contributed by atoms with Crippen LogP contribution in [-0.2, 0) is 4.79 Å². The first-order chi connectivity index (χ1) is 13.4. The molecule has 0 unspecified atom stereocenters. The lowest BCUT2D eigenvalue weighted by molar-refractivity contribution is -0.116. The molecule has 3 heteroatoms. The van der Waals surface area contributed by atoms with Gasteiger partial charge in [-0.15, -0.1) is 0 Å². The highest BCUT2D eigenvalue weighted by molar-refractivity contribution is 6.28. The Kier molecular flexibility index (Phi) is 3.70. The number of nitrogens with one attached hydrogen (secondary N) is 1. The van der Waals surface area contributed by atoms with Crippen LogP contribution in [0.1, 0.15) is 43.9 Å². The predicted octanol–water partition coefficient (Wildman–Crippen LogP) is 6.29. The molecule has 2 aliphatic rings. The standard InChI is InChI=1S/C25H22FNO/c1-25(2)13-19-23(21(28)14-25)22-18-6-4-3-5-15(18)9-12-20(22)27-24(19)16-7-10-17(26)11-8-16/h3-12,24,27H,13-14H2,1-2H3/t24-/m0/s1. The first kappa shape index (κ1) is 17.2. The third kappa shape index (κ3) is 2.65. The van der Waals surface area contributed by atoms with E-state index in [1.807, 2.05) is 24.3 Å². The van der Waals surface area contributed by atoms with Crippen molar-refractivity contribution in [2.24, 2.45) is 5.41 Å². The topological polar surface area (TPSA) is 29.1 Å². The van der Waals surface area contributed by atoms with Gasteiger partial charge in [0.25, 0.3) is 0 Å². The molecule has 0 fully saturated rings. The van der Waals surface area contributed by atoms with Crippen LogP contribution in [0.5, 0.6) is 0 Å². The summed E-state index contributed by atoms with van der Waals surface area (Å²) in [5.74, 6) is -0.0438. The molecule has 0 spiro atoms. The molecule has 2 nitrogen and oxygen atoms in total. The van der Waals surface area contributed by atoms with Crippen LogP contribution >= 0.6 is 0 Å². The van der Waals surface area contributed by atoms with Gasteiger partial charge in [-0.05, 0) is 51.9 Å². The Balaban J connectivity index is 1.79. The van der Waals surface area contributed by atoms with Crippen LogP contribution in [0.15, 0.2) is 66.2 Å². The van der Waals surface area contributed by atoms with Gasteiger partial charge in [-0.3, -0.25) is 4.79 Å². The van der Waals surface area contributed by atoms with Gasteiger partial charge < -0.3 is 5.32 Å². The minimum atomic E-state index is -0.250. The zero-order valence-electron chi connectivity index (χ0n) is 16.1. The second-order valence-corrected chi connectivity index (χ2v) is 8.68. The molecule has 3 aromatic rings. The summed E-state index contributed by atoms with van der Waals surface area (Å²) in [5.41, 5.74) is 4.87. The van der Waals surface area contributed by atoms with Crippen molar-refractivity contribution in [2.75, 3.05) is 5.32 Å². The van der Waals surface area contributed by atoms with Gasteiger partial charge >= 0.3 is 0 Å². The molecule has 0 radical (unpaired) electrons. The lowest BCUT2D eigenvalue weighted by Gasteiger charge is -2.40. The van der Waals surface area contributed by atoms with Crippen molar-refractivity contribution in [3.8, 4) is 0 Å². The first-order valence-electron chi connectivity index (χ1n) is 9.73. The van der Waals surface area contributed by atoms with Gasteiger partial charge in [0.2, 0.25) is 0 Å². The van der Waals surface area contributed by atoms with Gasteiger partial charge in [0, 0.05) is 23.2 Å². The fourth-order valence-electron chi connectivity index (χ4n) is 4.76. The molecule has 28 heavy (non-hydrogen) atoms. The number of anilines is 1. The third-order valence-electron chi connectivity index (χ3n) is 5.94. The maximum Gasteiger partial charge on any atom is 0.164 e. The van der Waals surface area contributed by atoms with Gasteiger partial charge in [0.1, 0.15) is 5.82 Å². The zero-order valence-corrected chi connectivity index (χ0v) is 16.1. The number of carbonyl (C=O) groups excluding carboxylic acids is 1. The predicted molar refractivity (Wildman–Crippen MR) is 112 cm³/mol. The molecule has 1 aliphatic carbocycles. The van der Waals surface area contributed by atoms with Gasteiger partial charge in [-0.1, -0.05) is 56.3 Å². The average Bonchev–Trinajstić information content (AvgIpc) is 2.66. The average molecular weight is 371 g/mol. The molecular formula is C25H22FNO. The number of benzene rings is 3. The van der Waals surface area contributed by atoms with E-state index in [4.69, 9.17) is 0 Å². The second kappa shape index (κ2) is 6.03. The van der Waals surface area contributed by atoms with Gasteiger partial charge in [-0.25, -0.2) is 4.39 Å². The van der Waals surface area contributed by atoms with Crippen LogP contribution in [0, 0.1) is 11.2 Å². The van der Waals surface area contributed by atoms with E-state index in [2.05, 4.69) is 43.4 Å². The van der Waals surface area contributed by atoms with Crippen molar-refractivity contribution in [1.29, 1.82) is 0 Å². The monoisotopic (exact) mass is 371 g/mol. The van der Waals surface area contributed by atoms with Crippen LogP contribution in [0.4, 0.5) is 10.1 Å². The summed E-state index contributed by atoms with van der Waals surface area (Å²) in [4.78, 5) is 13.3. The summed E-state index contributed by atoms with van der Waals surface area (Å²) in [6.45, 7) is 4.30. The maximum absolute atomic E-state index is 13.5. The maximum atomic E-state index is 13.5. The van der Waals surface area contributed by atoms with Gasteiger partial charge in [-0.2, -0.15) is 0 Å². The molecule has 0 amide bonds. The SMILES string of the molecule is CC1(C)CC(=O)C2=C(C1)[C@H](c1ccc(F)cc1)Nc1ccc3ccccc3c12. The minimum Gasteiger partial charge on any atom is -0.374 e. The lowest BCUT2D eigenvalue weighted by Crippen LogP contribution is -2.32. The van der Waals surface area contributed by atoms with E-state index in [1.165, 1.54) is 12.1 Å². The Morgan fingerprint density at radius 2 is 1.71 bits per heavy atom. The summed E-state index contributed by atoms with van der Waals surface area (Å²) >= 11 is 0. The van der Waals surface area contributed by atoms with E-state index < -0.39 is 0 Å². The fraction of sp³-hybridized carbons (Fsp3) is 0.240. The van der Waals surface area contributed by atoms with Crippen LogP contribution < -0.4 is 5.32 Å². The number of allylic oxidation sites excluding steroid dienone is 1. The number of hydrogen-bond donors (Lipinski definition) is 1. The second-order valence-electron chi connectivity index (χ2n) is 8.68. The van der Waals surface area contributed by atoms with Crippen molar-refractivity contribution in [2.45, 2.75) is 32.7 Å². The number of fused-ring (bicyclic) bond motifs is 4. The van der Waals surface area contributed by atoms with Crippen molar-refractivity contribution in [1.82, 2.24) is 0 Å². The van der Waals surface area contributed by atoms with Gasteiger partial charge in [0.15, 0.2) is 5.78 Å². The Morgan fingerprint density at radius 1 is 0.964 bits per heavy atom. The van der Waals surface area contributed by atoms with E-state index in [0.717, 1.165) is 45.2 Å². The molecule has 5 rings (SSSR count). The number of halogens is 1. The Bertz CT molecular complexity index is 1140. The Labute approximate surface area is 164 Å². The van der Waals surface area contributed by atoms with E-state index in [9.17, 15) is 9.18 Å². The van der Waals surface area contributed by atoms with Crippen LogP contribution in [0.3, 0.4) is 0 Å². The molecule has 140 valence electrons.